The smallest absolute Gasteiger partial charge is 0.256 e. The molecule has 1 aliphatic heterocycles. The molecule has 5 N–H and O–H groups in total. The van der Waals surface area contributed by atoms with Crippen LogP contribution in [0.2, 0.25) is 5.02 Å². The number of nitrogen functional groups attached to an aromatic ring is 1. The van der Waals surface area contributed by atoms with Gasteiger partial charge in [-0.3, -0.25) is 10.2 Å². The second kappa shape index (κ2) is 8.00. The summed E-state index contributed by atoms with van der Waals surface area (Å²) in [7, 11) is 0. The van der Waals surface area contributed by atoms with E-state index < -0.39 is 0 Å². The van der Waals surface area contributed by atoms with Gasteiger partial charge in [-0.1, -0.05) is 23.8 Å². The minimum absolute atomic E-state index is 0.0796. The van der Waals surface area contributed by atoms with Crippen molar-refractivity contribution < 1.29 is 9.90 Å². The van der Waals surface area contributed by atoms with Crippen molar-refractivity contribution in [3.05, 3.63) is 70.5 Å². The fraction of sp³-hybridized carbons (Fsp3) is 0.143. The van der Waals surface area contributed by atoms with Gasteiger partial charge in [0.2, 0.25) is 0 Å². The molecule has 1 amide bonds. The van der Waals surface area contributed by atoms with Crippen molar-refractivity contribution in [1.82, 2.24) is 14.9 Å². The first-order valence-corrected chi connectivity index (χ1v) is 9.60. The Balaban J connectivity index is 1.63. The number of fused-ring (bicyclic) bond motifs is 1. The lowest BCUT2D eigenvalue weighted by Gasteiger charge is -2.17. The highest BCUT2D eigenvalue weighted by atomic mass is 35.5. The topological polar surface area (TPSA) is 128 Å². The molecule has 2 aromatic carbocycles. The number of carbonyl (C=O) groups excluding carboxylic acids is 1. The zero-order chi connectivity index (χ0) is 21.3. The van der Waals surface area contributed by atoms with Gasteiger partial charge in [0.15, 0.2) is 0 Å². The molecule has 0 saturated carbocycles. The van der Waals surface area contributed by atoms with Gasteiger partial charge < -0.3 is 21.1 Å². The SMILES string of the molecule is N=C(N)c1ccc(O)c(CNc2ncnc3cc(C(=O)N4CC=CC4)c(Cl)cc23)c1. The largest absolute Gasteiger partial charge is 0.508 e. The molecule has 0 radical (unpaired) electrons. The number of nitrogens with two attached hydrogens (primary N) is 1. The Kier molecular flexibility index (Phi) is 5.24. The minimum atomic E-state index is -0.147. The fourth-order valence-electron chi connectivity index (χ4n) is 3.27. The molecule has 0 bridgehead atoms. The quantitative estimate of drug-likeness (QED) is 0.284. The van der Waals surface area contributed by atoms with Gasteiger partial charge in [0, 0.05) is 36.1 Å². The monoisotopic (exact) mass is 422 g/mol. The summed E-state index contributed by atoms with van der Waals surface area (Å²) >= 11 is 6.42. The lowest BCUT2D eigenvalue weighted by molar-refractivity contribution is 0.0800. The van der Waals surface area contributed by atoms with Crippen LogP contribution in [0.4, 0.5) is 5.82 Å². The van der Waals surface area contributed by atoms with E-state index in [9.17, 15) is 9.90 Å². The lowest BCUT2D eigenvalue weighted by atomic mass is 10.1. The number of carbonyl (C=O) groups is 1. The normalized spacial score (nSPS) is 13.0. The molecule has 9 heteroatoms. The second-order valence-corrected chi connectivity index (χ2v) is 7.27. The fourth-order valence-corrected chi connectivity index (χ4v) is 3.51. The van der Waals surface area contributed by atoms with E-state index in [-0.39, 0.29) is 24.0 Å². The summed E-state index contributed by atoms with van der Waals surface area (Å²) in [4.78, 5) is 23.0. The van der Waals surface area contributed by atoms with Gasteiger partial charge in [-0.15, -0.1) is 0 Å². The number of halogens is 1. The molecule has 0 saturated heterocycles. The van der Waals surface area contributed by atoms with Crippen molar-refractivity contribution in [2.75, 3.05) is 18.4 Å². The van der Waals surface area contributed by atoms with Crippen LogP contribution in [-0.4, -0.2) is 44.8 Å². The first-order valence-electron chi connectivity index (χ1n) is 9.22. The third-order valence-electron chi connectivity index (χ3n) is 4.90. The summed E-state index contributed by atoms with van der Waals surface area (Å²) in [5.74, 6) is 0.360. The zero-order valence-electron chi connectivity index (χ0n) is 15.9. The van der Waals surface area contributed by atoms with E-state index in [2.05, 4.69) is 15.3 Å². The van der Waals surface area contributed by atoms with Crippen LogP contribution in [0.15, 0.2) is 48.8 Å². The number of phenols is 1. The molecule has 0 atom stereocenters. The first kappa shape index (κ1) is 19.7. The standard InChI is InChI=1S/C21H19ClN6O2/c22-16-8-15-17(9-14(16)21(30)28-5-1-2-6-28)26-11-27-20(15)25-10-13-7-12(19(23)24)3-4-18(13)29/h1-4,7-9,11,29H,5-6,10H2,(H3,23,24)(H,25,26,27). The van der Waals surface area contributed by atoms with E-state index >= 15 is 0 Å². The zero-order valence-corrected chi connectivity index (χ0v) is 16.6. The van der Waals surface area contributed by atoms with Gasteiger partial charge in [0.25, 0.3) is 5.91 Å². The number of aromatic nitrogens is 2. The molecule has 8 nitrogen and oxygen atoms in total. The maximum absolute atomic E-state index is 12.7. The molecule has 0 aliphatic carbocycles. The summed E-state index contributed by atoms with van der Waals surface area (Å²) in [6.07, 6.45) is 5.28. The molecule has 1 aliphatic rings. The van der Waals surface area contributed by atoms with Crippen molar-refractivity contribution >= 4 is 40.1 Å². The predicted molar refractivity (Wildman–Crippen MR) is 116 cm³/mol. The van der Waals surface area contributed by atoms with Gasteiger partial charge in [0.05, 0.1) is 16.1 Å². The number of nitrogens with one attached hydrogen (secondary N) is 2. The summed E-state index contributed by atoms with van der Waals surface area (Å²) in [5, 5.41) is 21.8. The highest BCUT2D eigenvalue weighted by Crippen LogP contribution is 2.29. The van der Waals surface area contributed by atoms with E-state index in [1.165, 1.54) is 12.4 Å². The maximum atomic E-state index is 12.7. The third-order valence-corrected chi connectivity index (χ3v) is 5.21. The van der Waals surface area contributed by atoms with E-state index in [0.29, 0.717) is 51.5 Å². The van der Waals surface area contributed by atoms with Crippen LogP contribution in [0.1, 0.15) is 21.5 Å². The van der Waals surface area contributed by atoms with Crippen molar-refractivity contribution in [3.63, 3.8) is 0 Å². The van der Waals surface area contributed by atoms with E-state index in [1.807, 2.05) is 12.2 Å². The van der Waals surface area contributed by atoms with Gasteiger partial charge in [0.1, 0.15) is 23.7 Å². The van der Waals surface area contributed by atoms with Crippen molar-refractivity contribution in [2.45, 2.75) is 6.54 Å². The molecule has 2 heterocycles. The number of amidine groups is 1. The van der Waals surface area contributed by atoms with Crippen molar-refractivity contribution in [2.24, 2.45) is 5.73 Å². The van der Waals surface area contributed by atoms with Crippen LogP contribution >= 0.6 is 11.6 Å². The molecule has 1 aromatic heterocycles. The molecule has 4 rings (SSSR count). The van der Waals surface area contributed by atoms with Gasteiger partial charge >= 0.3 is 0 Å². The number of hydrogen-bond donors (Lipinski definition) is 4. The number of aromatic hydroxyl groups is 1. The number of phenolic OH excluding ortho intramolecular Hbond substituents is 1. The Hall–Kier alpha value is -3.65. The molecule has 30 heavy (non-hydrogen) atoms. The molecule has 0 fully saturated rings. The summed E-state index contributed by atoms with van der Waals surface area (Å²) < 4.78 is 0. The third kappa shape index (κ3) is 3.77. The highest BCUT2D eigenvalue weighted by Gasteiger charge is 2.20. The van der Waals surface area contributed by atoms with Gasteiger partial charge in [-0.2, -0.15) is 0 Å². The van der Waals surface area contributed by atoms with Crippen LogP contribution in [0.25, 0.3) is 10.9 Å². The minimum Gasteiger partial charge on any atom is -0.508 e. The molecular weight excluding hydrogens is 404 g/mol. The summed E-state index contributed by atoms with van der Waals surface area (Å²) in [6, 6.07) is 8.05. The summed E-state index contributed by atoms with van der Waals surface area (Å²) in [6.45, 7) is 1.37. The first-order chi connectivity index (χ1) is 14.4. The molecule has 3 aromatic rings. The number of anilines is 1. The number of amides is 1. The lowest BCUT2D eigenvalue weighted by Crippen LogP contribution is -2.28. The summed E-state index contributed by atoms with van der Waals surface area (Å²) in [5.41, 5.74) is 7.57. The molecule has 0 unspecified atom stereocenters. The Labute approximate surface area is 177 Å². The van der Waals surface area contributed by atoms with E-state index in [0.717, 1.165) is 0 Å². The van der Waals surface area contributed by atoms with Crippen LogP contribution in [0.5, 0.6) is 5.75 Å². The molecular formula is C21H19ClN6O2. The number of rotatable bonds is 5. The Morgan fingerprint density at radius 3 is 2.73 bits per heavy atom. The molecule has 152 valence electrons. The second-order valence-electron chi connectivity index (χ2n) is 6.86. The highest BCUT2D eigenvalue weighted by molar-refractivity contribution is 6.34. The van der Waals surface area contributed by atoms with Crippen LogP contribution in [0, 0.1) is 5.41 Å². The Morgan fingerprint density at radius 1 is 1.23 bits per heavy atom. The number of nitrogens with zero attached hydrogens (tertiary/aromatic N) is 3. The van der Waals surface area contributed by atoms with Gasteiger partial charge in [-0.25, -0.2) is 9.97 Å². The van der Waals surface area contributed by atoms with Crippen LogP contribution in [0.3, 0.4) is 0 Å². The maximum Gasteiger partial charge on any atom is 0.256 e. The Morgan fingerprint density at radius 2 is 2.00 bits per heavy atom. The van der Waals surface area contributed by atoms with Gasteiger partial charge in [-0.05, 0) is 30.3 Å². The predicted octanol–water partition coefficient (Wildman–Crippen LogP) is 2.90. The van der Waals surface area contributed by atoms with Crippen molar-refractivity contribution in [1.29, 1.82) is 5.41 Å². The number of benzene rings is 2. The average molecular weight is 423 g/mol. The van der Waals surface area contributed by atoms with Crippen molar-refractivity contribution in [3.8, 4) is 5.75 Å². The Bertz CT molecular complexity index is 1190. The average Bonchev–Trinajstić information content (AvgIpc) is 3.27. The van der Waals surface area contributed by atoms with E-state index in [4.69, 9.17) is 22.7 Å². The molecule has 0 spiro atoms. The van der Waals surface area contributed by atoms with E-state index in [1.54, 1.807) is 29.2 Å². The number of hydrogen-bond acceptors (Lipinski definition) is 6. The van der Waals surface area contributed by atoms with Crippen LogP contribution < -0.4 is 11.1 Å². The van der Waals surface area contributed by atoms with Crippen LogP contribution in [-0.2, 0) is 6.54 Å².